The van der Waals surface area contributed by atoms with Gasteiger partial charge in [-0.3, -0.25) is 10.8 Å². The van der Waals surface area contributed by atoms with Crippen molar-refractivity contribution in [2.45, 2.75) is 13.0 Å². The van der Waals surface area contributed by atoms with Crippen LogP contribution in [0.5, 0.6) is 5.75 Å². The number of pyridine rings is 1. The Morgan fingerprint density at radius 1 is 1.30 bits per heavy atom. The van der Waals surface area contributed by atoms with Crippen LogP contribution in [0.25, 0.3) is 0 Å². The van der Waals surface area contributed by atoms with Gasteiger partial charge in [0.2, 0.25) is 0 Å². The lowest BCUT2D eigenvalue weighted by atomic mass is 9.98. The van der Waals surface area contributed by atoms with E-state index in [4.69, 9.17) is 10.6 Å². The molecule has 4 nitrogen and oxygen atoms in total. The lowest BCUT2D eigenvalue weighted by Crippen LogP contribution is -2.30. The second-order valence-corrected chi connectivity index (χ2v) is 6.11. The van der Waals surface area contributed by atoms with Crippen LogP contribution < -0.4 is 16.0 Å². The summed E-state index contributed by atoms with van der Waals surface area (Å²) in [5.41, 5.74) is 5.81. The number of nitrogens with two attached hydrogens (primary N) is 1. The molecule has 0 amide bonds. The zero-order chi connectivity index (χ0) is 14.7. The topological polar surface area (TPSA) is 60.2 Å². The lowest BCUT2D eigenvalue weighted by molar-refractivity contribution is 0.414. The molecule has 0 spiro atoms. The molecule has 0 saturated heterocycles. The highest BCUT2D eigenvalue weighted by Gasteiger charge is 2.19. The first-order valence-electron chi connectivity index (χ1n) is 5.98. The van der Waals surface area contributed by atoms with Gasteiger partial charge in [0.05, 0.1) is 18.8 Å². The van der Waals surface area contributed by atoms with E-state index >= 15 is 0 Å². The van der Waals surface area contributed by atoms with Crippen LogP contribution in [0, 0.1) is 6.92 Å². The predicted octanol–water partition coefficient (Wildman–Crippen LogP) is 3.48. The number of halogens is 2. The maximum atomic E-state index is 5.73. The zero-order valence-electron chi connectivity index (χ0n) is 11.2. The van der Waals surface area contributed by atoms with Gasteiger partial charge in [-0.2, -0.15) is 0 Å². The van der Waals surface area contributed by atoms with Gasteiger partial charge >= 0.3 is 0 Å². The third-order valence-electron chi connectivity index (χ3n) is 3.06. The van der Waals surface area contributed by atoms with Crippen molar-refractivity contribution in [3.63, 3.8) is 0 Å². The van der Waals surface area contributed by atoms with E-state index < -0.39 is 0 Å². The molecule has 106 valence electrons. The highest BCUT2D eigenvalue weighted by atomic mass is 79.9. The van der Waals surface area contributed by atoms with E-state index in [-0.39, 0.29) is 6.04 Å². The van der Waals surface area contributed by atoms with Crippen molar-refractivity contribution in [3.8, 4) is 5.75 Å². The number of nitrogens with one attached hydrogen (secondary N) is 1. The molecule has 1 unspecified atom stereocenters. The summed E-state index contributed by atoms with van der Waals surface area (Å²) in [4.78, 5) is 4.44. The maximum Gasteiger partial charge on any atom is 0.119 e. The monoisotopic (exact) mass is 399 g/mol. The van der Waals surface area contributed by atoms with E-state index in [0.29, 0.717) is 0 Å². The number of hydrogen-bond donors (Lipinski definition) is 2. The first-order valence-corrected chi connectivity index (χ1v) is 7.57. The van der Waals surface area contributed by atoms with Gasteiger partial charge in [-0.15, -0.1) is 0 Å². The molecule has 2 rings (SSSR count). The molecule has 0 aliphatic heterocycles. The molecule has 0 aliphatic rings. The molecule has 1 heterocycles. The minimum absolute atomic E-state index is 0.191. The number of ether oxygens (including phenoxy) is 1. The Hall–Kier alpha value is -0.950. The summed E-state index contributed by atoms with van der Waals surface area (Å²) in [6.45, 7) is 2.02. The summed E-state index contributed by atoms with van der Waals surface area (Å²) in [5.74, 6) is 6.55. The van der Waals surface area contributed by atoms with Crippen LogP contribution in [0.4, 0.5) is 0 Å². The summed E-state index contributed by atoms with van der Waals surface area (Å²) in [6, 6.07) is 7.65. The molecule has 0 bridgehead atoms. The molecule has 0 aliphatic carbocycles. The number of hydrazine groups is 1. The summed E-state index contributed by atoms with van der Waals surface area (Å²) in [5, 5.41) is 0. The first-order chi connectivity index (χ1) is 9.56. The van der Waals surface area contributed by atoms with Crippen LogP contribution in [0.2, 0.25) is 0 Å². The number of aryl methyl sites for hydroxylation is 1. The molecule has 1 aromatic carbocycles. The van der Waals surface area contributed by atoms with Gasteiger partial charge in [-0.1, -0.05) is 6.07 Å². The number of aromatic nitrogens is 1. The Morgan fingerprint density at radius 2 is 2.05 bits per heavy atom. The molecular weight excluding hydrogens is 386 g/mol. The van der Waals surface area contributed by atoms with Crippen molar-refractivity contribution in [1.82, 2.24) is 10.4 Å². The van der Waals surface area contributed by atoms with E-state index in [2.05, 4.69) is 42.3 Å². The van der Waals surface area contributed by atoms with Crippen LogP contribution in [0.15, 0.2) is 39.4 Å². The smallest absolute Gasteiger partial charge is 0.119 e. The number of rotatable bonds is 4. The molecule has 3 N–H and O–H groups in total. The fraction of sp³-hybridized carbons (Fsp3) is 0.214. The van der Waals surface area contributed by atoms with Gasteiger partial charge in [0.1, 0.15) is 5.75 Å². The summed E-state index contributed by atoms with van der Waals surface area (Å²) < 4.78 is 7.03. The van der Waals surface area contributed by atoms with Crippen LogP contribution in [-0.4, -0.2) is 12.1 Å². The minimum atomic E-state index is -0.191. The second kappa shape index (κ2) is 6.67. The third kappa shape index (κ3) is 3.20. The second-order valence-electron chi connectivity index (χ2n) is 4.34. The maximum absolute atomic E-state index is 5.73. The molecule has 1 atom stereocenters. The van der Waals surface area contributed by atoms with Crippen molar-refractivity contribution in [1.29, 1.82) is 0 Å². The fourth-order valence-electron chi connectivity index (χ4n) is 2.05. The summed E-state index contributed by atoms with van der Waals surface area (Å²) in [6.07, 6.45) is 1.75. The largest absolute Gasteiger partial charge is 0.497 e. The van der Waals surface area contributed by atoms with Crippen molar-refractivity contribution in [2.24, 2.45) is 5.84 Å². The lowest BCUT2D eigenvalue weighted by Gasteiger charge is -2.20. The normalized spacial score (nSPS) is 12.2. The SMILES string of the molecule is COc1ccc(C(NN)c2ncc(Br)cc2Br)c(C)c1. The summed E-state index contributed by atoms with van der Waals surface area (Å²) in [7, 11) is 1.65. The molecular formula is C14H15Br2N3O. The average molecular weight is 401 g/mol. The van der Waals surface area contributed by atoms with E-state index in [1.54, 1.807) is 13.3 Å². The average Bonchev–Trinajstić information content (AvgIpc) is 2.43. The number of hydrogen-bond acceptors (Lipinski definition) is 4. The van der Waals surface area contributed by atoms with E-state index in [9.17, 15) is 0 Å². The van der Waals surface area contributed by atoms with Crippen LogP contribution in [0.1, 0.15) is 22.9 Å². The van der Waals surface area contributed by atoms with Gasteiger partial charge < -0.3 is 4.74 Å². The fourth-order valence-corrected chi connectivity index (χ4v) is 3.27. The van der Waals surface area contributed by atoms with Crippen molar-refractivity contribution in [3.05, 3.63) is 56.2 Å². The Morgan fingerprint density at radius 3 is 2.60 bits per heavy atom. The van der Waals surface area contributed by atoms with E-state index in [1.165, 1.54) is 0 Å². The third-order valence-corrected chi connectivity index (χ3v) is 4.13. The van der Waals surface area contributed by atoms with Crippen molar-refractivity contribution < 1.29 is 4.74 Å². The van der Waals surface area contributed by atoms with Gasteiger partial charge in [-0.05, 0) is 68.1 Å². The quantitative estimate of drug-likeness (QED) is 0.609. The summed E-state index contributed by atoms with van der Waals surface area (Å²) >= 11 is 6.92. The predicted molar refractivity (Wildman–Crippen MR) is 86.5 cm³/mol. The molecule has 20 heavy (non-hydrogen) atoms. The first kappa shape index (κ1) is 15.4. The Balaban J connectivity index is 2.47. The van der Waals surface area contributed by atoms with Crippen LogP contribution in [-0.2, 0) is 0 Å². The van der Waals surface area contributed by atoms with Gasteiger partial charge in [-0.25, -0.2) is 5.43 Å². The Bertz CT molecular complexity index is 619. The van der Waals surface area contributed by atoms with Crippen molar-refractivity contribution in [2.75, 3.05) is 7.11 Å². The van der Waals surface area contributed by atoms with Gasteiger partial charge in [0.15, 0.2) is 0 Å². The van der Waals surface area contributed by atoms with E-state index in [0.717, 1.165) is 31.5 Å². The number of nitrogens with zero attached hydrogens (tertiary/aromatic N) is 1. The molecule has 0 radical (unpaired) electrons. The standard InChI is InChI=1S/C14H15Br2N3O/c1-8-5-10(20-2)3-4-11(8)13(19-17)14-12(16)6-9(15)7-18-14/h3-7,13,19H,17H2,1-2H3. The zero-order valence-corrected chi connectivity index (χ0v) is 14.3. The highest BCUT2D eigenvalue weighted by Crippen LogP contribution is 2.31. The molecule has 1 aromatic heterocycles. The number of benzene rings is 1. The molecule has 6 heteroatoms. The van der Waals surface area contributed by atoms with Crippen molar-refractivity contribution >= 4 is 31.9 Å². The minimum Gasteiger partial charge on any atom is -0.497 e. The number of methoxy groups -OCH3 is 1. The van der Waals surface area contributed by atoms with E-state index in [1.807, 2.05) is 31.2 Å². The molecule has 0 fully saturated rings. The van der Waals surface area contributed by atoms with Gasteiger partial charge in [0.25, 0.3) is 0 Å². The highest BCUT2D eigenvalue weighted by molar-refractivity contribution is 9.11. The molecule has 2 aromatic rings. The van der Waals surface area contributed by atoms with Crippen LogP contribution >= 0.6 is 31.9 Å². The van der Waals surface area contributed by atoms with Gasteiger partial charge in [0, 0.05) is 15.1 Å². The van der Waals surface area contributed by atoms with Crippen LogP contribution in [0.3, 0.4) is 0 Å². The molecule has 0 saturated carbocycles. The Kier molecular flexibility index (Phi) is 5.15. The Labute approximate surface area is 135 Å².